The lowest BCUT2D eigenvalue weighted by Gasteiger charge is -2.33. The molecule has 11 heteroatoms. The first kappa shape index (κ1) is 37.2. The van der Waals surface area contributed by atoms with Crippen molar-refractivity contribution in [2.24, 2.45) is 11.3 Å². The number of carbonyl (C=O) groups excluding carboxylic acids is 3. The van der Waals surface area contributed by atoms with Gasteiger partial charge in [0.05, 0.1) is 25.0 Å². The number of ether oxygens (including phenoxy) is 2. The number of nitriles is 1. The molecule has 2 atom stereocenters. The summed E-state index contributed by atoms with van der Waals surface area (Å²) in [6.07, 6.45) is 4.33. The lowest BCUT2D eigenvalue weighted by Crippen LogP contribution is -2.30. The number of anilines is 2. The molecule has 1 heterocycles. The molecule has 1 aliphatic rings. The third kappa shape index (κ3) is 9.20. The van der Waals surface area contributed by atoms with Crippen molar-refractivity contribution in [3.8, 4) is 17.6 Å². The molecule has 3 amide bonds. The van der Waals surface area contributed by atoms with Crippen LogP contribution >= 0.6 is 23.1 Å². The summed E-state index contributed by atoms with van der Waals surface area (Å²) in [5, 5.41) is 18.8. The van der Waals surface area contributed by atoms with Gasteiger partial charge in [-0.3, -0.25) is 14.4 Å². The van der Waals surface area contributed by atoms with Crippen molar-refractivity contribution in [1.82, 2.24) is 5.32 Å². The molecule has 4 aromatic rings. The number of nitrogens with zero attached hydrogens (tertiary/aromatic N) is 1. The fraction of sp³-hybridized carbons (Fsp3) is 0.300. The van der Waals surface area contributed by atoms with E-state index in [9.17, 15) is 19.6 Å². The van der Waals surface area contributed by atoms with Gasteiger partial charge in [-0.1, -0.05) is 45.0 Å². The SMILES string of the molecule is COc1ccc(/C=C(/NC(=O)c2ccccc2)C(=O)Nc2cccc(SC(C)C(=O)Nc3sc4c(c3C#N)CCC(C(C)(C)C)C4)c2)c(OC)c1. The highest BCUT2D eigenvalue weighted by Crippen LogP contribution is 2.44. The van der Waals surface area contributed by atoms with Crippen molar-refractivity contribution < 1.29 is 23.9 Å². The van der Waals surface area contributed by atoms with Crippen LogP contribution in [0.2, 0.25) is 0 Å². The molecule has 0 spiro atoms. The summed E-state index contributed by atoms with van der Waals surface area (Å²) in [5.74, 6) is 0.350. The number of rotatable bonds is 11. The monoisotopic (exact) mass is 722 g/mol. The number of hydrogen-bond donors (Lipinski definition) is 3. The highest BCUT2D eigenvalue weighted by atomic mass is 32.2. The number of carbonyl (C=O) groups is 3. The van der Waals surface area contributed by atoms with Gasteiger partial charge < -0.3 is 25.4 Å². The Labute approximate surface area is 307 Å². The standard InChI is InChI=1S/C40H42N4O5S2/c1-24(36(45)44-39-32(23-41)31-18-16-27(40(2,3)4)20-35(31)51-39)50-30-14-10-13-28(21-30)42-38(47)33(43-37(46)25-11-8-7-9-12-25)19-26-15-17-29(48-5)22-34(26)49-6/h7-15,17,19,21-22,24,27H,16,18,20H2,1-6H3,(H,42,47)(H,43,46)(H,44,45)/b33-19+. The normalized spacial score (nSPS) is 14.8. The Bertz CT molecular complexity index is 1990. The van der Waals surface area contributed by atoms with Gasteiger partial charge >= 0.3 is 0 Å². The lowest BCUT2D eigenvalue weighted by atomic mass is 9.72. The van der Waals surface area contributed by atoms with Crippen molar-refractivity contribution in [3.63, 3.8) is 0 Å². The minimum absolute atomic E-state index is 0.00103. The number of hydrogen-bond acceptors (Lipinski definition) is 8. The Morgan fingerprint density at radius 1 is 1.00 bits per heavy atom. The van der Waals surface area contributed by atoms with Crippen molar-refractivity contribution in [2.45, 2.75) is 57.1 Å². The molecular weight excluding hydrogens is 681 g/mol. The van der Waals surface area contributed by atoms with Gasteiger partial charge in [-0.25, -0.2) is 0 Å². The topological polar surface area (TPSA) is 130 Å². The largest absolute Gasteiger partial charge is 0.497 e. The summed E-state index contributed by atoms with van der Waals surface area (Å²) in [6, 6.07) is 23.3. The summed E-state index contributed by atoms with van der Waals surface area (Å²) < 4.78 is 10.8. The Balaban J connectivity index is 1.31. The highest BCUT2D eigenvalue weighted by Gasteiger charge is 2.32. The van der Waals surface area contributed by atoms with Crippen molar-refractivity contribution in [1.29, 1.82) is 5.26 Å². The van der Waals surface area contributed by atoms with Gasteiger partial charge in [-0.2, -0.15) is 5.26 Å². The van der Waals surface area contributed by atoms with Crippen LogP contribution < -0.4 is 25.4 Å². The minimum atomic E-state index is -0.551. The van der Waals surface area contributed by atoms with E-state index in [1.807, 2.05) is 13.0 Å². The van der Waals surface area contributed by atoms with Crippen molar-refractivity contribution >= 4 is 57.6 Å². The second-order valence-corrected chi connectivity index (χ2v) is 15.9. The van der Waals surface area contributed by atoms with Gasteiger partial charge in [0.1, 0.15) is 28.3 Å². The Morgan fingerprint density at radius 3 is 2.45 bits per heavy atom. The van der Waals surface area contributed by atoms with Crippen LogP contribution in [0.25, 0.3) is 6.08 Å². The zero-order valence-electron chi connectivity index (χ0n) is 29.6. The predicted octanol–water partition coefficient (Wildman–Crippen LogP) is 8.32. The minimum Gasteiger partial charge on any atom is -0.497 e. The van der Waals surface area contributed by atoms with Crippen LogP contribution in [0.5, 0.6) is 11.5 Å². The van der Waals surface area contributed by atoms with Gasteiger partial charge in [0, 0.05) is 32.7 Å². The van der Waals surface area contributed by atoms with Gasteiger partial charge in [-0.05, 0) is 91.6 Å². The number of fused-ring (bicyclic) bond motifs is 1. The van der Waals surface area contributed by atoms with Crippen LogP contribution in [0.15, 0.2) is 83.4 Å². The number of benzene rings is 3. The fourth-order valence-corrected chi connectivity index (χ4v) is 8.09. The van der Waals surface area contributed by atoms with E-state index in [1.54, 1.807) is 79.9 Å². The second-order valence-electron chi connectivity index (χ2n) is 13.3. The molecule has 1 aromatic heterocycles. The smallest absolute Gasteiger partial charge is 0.272 e. The average Bonchev–Trinajstić information content (AvgIpc) is 3.47. The Hall–Kier alpha value is -5.05. The number of thioether (sulfide) groups is 1. The summed E-state index contributed by atoms with van der Waals surface area (Å²) >= 11 is 2.85. The van der Waals surface area contributed by atoms with E-state index in [0.29, 0.717) is 44.8 Å². The van der Waals surface area contributed by atoms with E-state index in [4.69, 9.17) is 9.47 Å². The summed E-state index contributed by atoms with van der Waals surface area (Å²) in [5.41, 5.74) is 3.25. The predicted molar refractivity (Wildman–Crippen MR) is 204 cm³/mol. The molecule has 0 bridgehead atoms. The molecule has 2 unspecified atom stereocenters. The van der Waals surface area contributed by atoms with E-state index in [0.717, 1.165) is 29.7 Å². The quantitative estimate of drug-likeness (QED) is 0.105. The first-order chi connectivity index (χ1) is 24.4. The van der Waals surface area contributed by atoms with Gasteiger partial charge in [-0.15, -0.1) is 23.1 Å². The average molecular weight is 723 g/mol. The molecule has 0 aliphatic heterocycles. The maximum atomic E-state index is 13.7. The zero-order valence-corrected chi connectivity index (χ0v) is 31.2. The first-order valence-electron chi connectivity index (χ1n) is 16.6. The van der Waals surface area contributed by atoms with Gasteiger partial charge in [0.15, 0.2) is 0 Å². The van der Waals surface area contributed by atoms with E-state index >= 15 is 0 Å². The molecule has 0 saturated heterocycles. The molecular formula is C40H42N4O5S2. The maximum Gasteiger partial charge on any atom is 0.272 e. The van der Waals surface area contributed by atoms with Crippen molar-refractivity contribution in [3.05, 3.63) is 106 Å². The maximum absolute atomic E-state index is 13.7. The van der Waals surface area contributed by atoms with E-state index in [2.05, 4.69) is 42.8 Å². The molecule has 9 nitrogen and oxygen atoms in total. The van der Waals surface area contributed by atoms with E-state index in [-0.39, 0.29) is 17.0 Å². The second kappa shape index (κ2) is 16.3. The molecule has 51 heavy (non-hydrogen) atoms. The van der Waals surface area contributed by atoms with E-state index in [1.165, 1.54) is 35.1 Å². The molecule has 0 radical (unpaired) electrons. The van der Waals surface area contributed by atoms with Crippen molar-refractivity contribution in [2.75, 3.05) is 24.9 Å². The number of thiophene rings is 1. The van der Waals surface area contributed by atoms with E-state index < -0.39 is 17.1 Å². The molecule has 0 saturated carbocycles. The zero-order chi connectivity index (χ0) is 36.7. The van der Waals surface area contributed by atoms with Crippen LogP contribution in [0.3, 0.4) is 0 Å². The van der Waals surface area contributed by atoms with Crippen LogP contribution in [0.1, 0.15) is 66.0 Å². The first-order valence-corrected chi connectivity index (χ1v) is 18.3. The lowest BCUT2D eigenvalue weighted by molar-refractivity contribution is -0.115. The van der Waals surface area contributed by atoms with Crippen LogP contribution in [0.4, 0.5) is 10.7 Å². The molecule has 5 rings (SSSR count). The Morgan fingerprint density at radius 2 is 1.76 bits per heavy atom. The van der Waals surface area contributed by atoms with Gasteiger partial charge in [0.2, 0.25) is 5.91 Å². The molecule has 3 aromatic carbocycles. The fourth-order valence-electron chi connectivity index (χ4n) is 5.88. The number of nitrogens with one attached hydrogen (secondary N) is 3. The highest BCUT2D eigenvalue weighted by molar-refractivity contribution is 8.00. The third-order valence-corrected chi connectivity index (χ3v) is 11.1. The molecule has 3 N–H and O–H groups in total. The van der Waals surface area contributed by atoms with Gasteiger partial charge in [0.25, 0.3) is 11.8 Å². The third-order valence-electron chi connectivity index (χ3n) is 8.88. The number of methoxy groups -OCH3 is 2. The number of amides is 3. The Kier molecular flexibility index (Phi) is 11.9. The summed E-state index contributed by atoms with van der Waals surface area (Å²) in [4.78, 5) is 42.2. The van der Waals surface area contributed by atoms with Crippen LogP contribution in [0, 0.1) is 22.7 Å². The van der Waals surface area contributed by atoms with Crippen LogP contribution in [-0.2, 0) is 22.4 Å². The van der Waals surface area contributed by atoms with Crippen LogP contribution in [-0.4, -0.2) is 37.2 Å². The summed E-state index contributed by atoms with van der Waals surface area (Å²) in [7, 11) is 3.06. The molecule has 264 valence electrons. The molecule has 0 fully saturated rings. The molecule has 1 aliphatic carbocycles. The summed E-state index contributed by atoms with van der Waals surface area (Å²) in [6.45, 7) is 8.57.